The van der Waals surface area contributed by atoms with E-state index in [0.29, 0.717) is 16.7 Å². The number of rotatable bonds is 4. The van der Waals surface area contributed by atoms with Crippen molar-refractivity contribution in [3.05, 3.63) is 102 Å². The zero-order valence-corrected chi connectivity index (χ0v) is 21.7. The molecule has 0 unspecified atom stereocenters. The maximum Gasteiger partial charge on any atom is 0.272 e. The average Bonchev–Trinajstić information content (AvgIpc) is 2.86. The van der Waals surface area contributed by atoms with Gasteiger partial charge in [-0.25, -0.2) is 10.4 Å². The van der Waals surface area contributed by atoms with Gasteiger partial charge in [0, 0.05) is 34.6 Å². The number of nitrogens with one attached hydrogen (secondary N) is 3. The van der Waals surface area contributed by atoms with Gasteiger partial charge in [-0.2, -0.15) is 0 Å². The molecule has 0 spiro atoms. The lowest BCUT2D eigenvalue weighted by Crippen LogP contribution is -2.55. The van der Waals surface area contributed by atoms with E-state index in [9.17, 15) is 14.4 Å². The molecule has 0 aliphatic carbocycles. The van der Waals surface area contributed by atoms with E-state index in [4.69, 9.17) is 0 Å². The number of hydrazine groups is 2. The second-order valence-electron chi connectivity index (χ2n) is 10.0. The SMILES string of the molecule is CC(C)(C)N(NC(=O)c1ccccc1)C(=O)c1ccncc1.CC(C)(C)NNC(=O)c1ccccc1. The van der Waals surface area contributed by atoms with Crippen LogP contribution in [0.25, 0.3) is 0 Å². The van der Waals surface area contributed by atoms with E-state index in [1.807, 2.05) is 65.8 Å². The number of pyridine rings is 1. The summed E-state index contributed by atoms with van der Waals surface area (Å²) in [5.41, 5.74) is 9.21. The molecule has 0 atom stereocenters. The molecule has 0 saturated carbocycles. The van der Waals surface area contributed by atoms with Gasteiger partial charge < -0.3 is 0 Å². The number of nitrogens with zero attached hydrogens (tertiary/aromatic N) is 2. The van der Waals surface area contributed by atoms with Gasteiger partial charge in [0.15, 0.2) is 0 Å². The highest BCUT2D eigenvalue weighted by Gasteiger charge is 2.29. The first-order chi connectivity index (χ1) is 16.9. The Morgan fingerprint density at radius 3 is 1.58 bits per heavy atom. The molecule has 0 fully saturated rings. The summed E-state index contributed by atoms with van der Waals surface area (Å²) in [5, 5.41) is 1.34. The quantitative estimate of drug-likeness (QED) is 0.472. The van der Waals surface area contributed by atoms with Crippen molar-refractivity contribution in [1.29, 1.82) is 0 Å². The maximum atomic E-state index is 12.6. The normalized spacial score (nSPS) is 10.9. The number of carbonyl (C=O) groups excluding carboxylic acids is 3. The summed E-state index contributed by atoms with van der Waals surface area (Å²) < 4.78 is 0. The Balaban J connectivity index is 0.000000281. The van der Waals surface area contributed by atoms with Gasteiger partial charge in [-0.05, 0) is 77.9 Å². The molecule has 190 valence electrons. The molecule has 0 aliphatic rings. The standard InChI is InChI=1S/C17H19N3O2.C11H16N2O/c1-17(2,3)20(16(22)14-9-11-18-12-10-14)19-15(21)13-7-5-4-6-8-13;1-11(2,3)13-12-10(14)9-7-5-4-6-8-9/h4-12H,1-3H3,(H,19,21);4-8,13H,1-3H3,(H,12,14). The molecule has 36 heavy (non-hydrogen) atoms. The van der Waals surface area contributed by atoms with Crippen molar-refractivity contribution in [1.82, 2.24) is 26.3 Å². The monoisotopic (exact) mass is 489 g/mol. The Morgan fingerprint density at radius 1 is 0.667 bits per heavy atom. The van der Waals surface area contributed by atoms with E-state index < -0.39 is 5.54 Å². The molecule has 2 aromatic carbocycles. The van der Waals surface area contributed by atoms with Crippen LogP contribution in [0.4, 0.5) is 0 Å². The van der Waals surface area contributed by atoms with Crippen molar-refractivity contribution in [3.8, 4) is 0 Å². The second-order valence-corrected chi connectivity index (χ2v) is 10.0. The predicted molar refractivity (Wildman–Crippen MR) is 141 cm³/mol. The molecule has 3 N–H and O–H groups in total. The van der Waals surface area contributed by atoms with Crippen LogP contribution in [-0.2, 0) is 0 Å². The summed E-state index contributed by atoms with van der Waals surface area (Å²) >= 11 is 0. The summed E-state index contributed by atoms with van der Waals surface area (Å²) in [7, 11) is 0. The van der Waals surface area contributed by atoms with E-state index in [2.05, 4.69) is 21.3 Å². The number of benzene rings is 2. The van der Waals surface area contributed by atoms with Gasteiger partial charge in [-0.3, -0.25) is 30.2 Å². The molecule has 3 rings (SSSR count). The largest absolute Gasteiger partial charge is 0.287 e. The fourth-order valence-electron chi connectivity index (χ4n) is 2.81. The first-order valence-corrected chi connectivity index (χ1v) is 11.6. The molecule has 0 aliphatic heterocycles. The van der Waals surface area contributed by atoms with Crippen LogP contribution in [0.3, 0.4) is 0 Å². The Kier molecular flexibility index (Phi) is 9.87. The van der Waals surface area contributed by atoms with Gasteiger partial charge in [0.05, 0.1) is 5.54 Å². The third kappa shape index (κ3) is 9.31. The predicted octanol–water partition coefficient (Wildman–Crippen LogP) is 4.39. The number of hydrogen-bond acceptors (Lipinski definition) is 5. The van der Waals surface area contributed by atoms with Crippen LogP contribution in [0.2, 0.25) is 0 Å². The van der Waals surface area contributed by atoms with Crippen LogP contribution < -0.4 is 16.3 Å². The number of hydrogen-bond donors (Lipinski definition) is 3. The van der Waals surface area contributed by atoms with Crippen molar-refractivity contribution < 1.29 is 14.4 Å². The second kappa shape index (κ2) is 12.6. The summed E-state index contributed by atoms with van der Waals surface area (Å²) in [6.45, 7) is 11.5. The van der Waals surface area contributed by atoms with Gasteiger partial charge in [-0.1, -0.05) is 36.4 Å². The van der Waals surface area contributed by atoms with Crippen LogP contribution in [-0.4, -0.2) is 38.8 Å². The third-order valence-corrected chi connectivity index (χ3v) is 4.64. The topological polar surface area (TPSA) is 103 Å². The molecular formula is C28H35N5O3. The zero-order chi connectivity index (χ0) is 26.8. The minimum Gasteiger partial charge on any atom is -0.287 e. The molecular weight excluding hydrogens is 454 g/mol. The minimum atomic E-state index is -0.565. The van der Waals surface area contributed by atoms with Crippen molar-refractivity contribution >= 4 is 17.7 Å². The summed E-state index contributed by atoms with van der Waals surface area (Å²) in [6, 6.07) is 21.2. The molecule has 0 saturated heterocycles. The Labute approximate surface area is 213 Å². The summed E-state index contributed by atoms with van der Waals surface area (Å²) in [6.07, 6.45) is 3.10. The van der Waals surface area contributed by atoms with E-state index in [1.165, 1.54) is 5.01 Å². The van der Waals surface area contributed by atoms with Crippen molar-refractivity contribution in [2.45, 2.75) is 52.6 Å². The molecule has 3 aromatic rings. The Hall–Kier alpha value is -4.04. The van der Waals surface area contributed by atoms with E-state index >= 15 is 0 Å². The fraction of sp³-hybridized carbons (Fsp3) is 0.286. The van der Waals surface area contributed by atoms with Gasteiger partial charge >= 0.3 is 0 Å². The van der Waals surface area contributed by atoms with Gasteiger partial charge in [-0.15, -0.1) is 0 Å². The molecule has 8 heteroatoms. The fourth-order valence-corrected chi connectivity index (χ4v) is 2.81. The highest BCUT2D eigenvalue weighted by Crippen LogP contribution is 2.15. The average molecular weight is 490 g/mol. The minimum absolute atomic E-state index is 0.111. The lowest BCUT2D eigenvalue weighted by atomic mass is 10.1. The van der Waals surface area contributed by atoms with E-state index in [1.54, 1.807) is 60.9 Å². The zero-order valence-electron chi connectivity index (χ0n) is 21.7. The summed E-state index contributed by atoms with van der Waals surface area (Å²) in [5.74, 6) is -0.711. The smallest absolute Gasteiger partial charge is 0.272 e. The first-order valence-electron chi connectivity index (χ1n) is 11.6. The van der Waals surface area contributed by atoms with Crippen molar-refractivity contribution in [2.75, 3.05) is 0 Å². The van der Waals surface area contributed by atoms with Crippen LogP contribution in [0.5, 0.6) is 0 Å². The maximum absolute atomic E-state index is 12.6. The molecule has 3 amide bonds. The van der Waals surface area contributed by atoms with Crippen LogP contribution >= 0.6 is 0 Å². The van der Waals surface area contributed by atoms with Gasteiger partial charge in [0.25, 0.3) is 17.7 Å². The molecule has 1 aromatic heterocycles. The van der Waals surface area contributed by atoms with Gasteiger partial charge in [0.1, 0.15) is 0 Å². The third-order valence-electron chi connectivity index (χ3n) is 4.64. The molecule has 1 heterocycles. The summed E-state index contributed by atoms with van der Waals surface area (Å²) in [4.78, 5) is 40.4. The van der Waals surface area contributed by atoms with E-state index in [-0.39, 0.29) is 23.3 Å². The van der Waals surface area contributed by atoms with Crippen LogP contribution in [0, 0.1) is 0 Å². The molecule has 0 radical (unpaired) electrons. The van der Waals surface area contributed by atoms with Crippen molar-refractivity contribution in [2.24, 2.45) is 0 Å². The Morgan fingerprint density at radius 2 is 1.14 bits per heavy atom. The highest BCUT2D eigenvalue weighted by atomic mass is 16.2. The van der Waals surface area contributed by atoms with Crippen LogP contribution in [0.1, 0.15) is 72.6 Å². The molecule has 8 nitrogen and oxygen atoms in total. The Bertz CT molecular complexity index is 1120. The van der Waals surface area contributed by atoms with Crippen molar-refractivity contribution in [3.63, 3.8) is 0 Å². The van der Waals surface area contributed by atoms with Crippen LogP contribution in [0.15, 0.2) is 85.2 Å². The van der Waals surface area contributed by atoms with Gasteiger partial charge in [0.2, 0.25) is 0 Å². The number of amides is 3. The lowest BCUT2D eigenvalue weighted by Gasteiger charge is -2.35. The number of aromatic nitrogens is 1. The first kappa shape index (κ1) is 28.2. The van der Waals surface area contributed by atoms with E-state index in [0.717, 1.165) is 0 Å². The molecule has 0 bridgehead atoms. The lowest BCUT2D eigenvalue weighted by molar-refractivity contribution is 0.0358. The number of carbonyl (C=O) groups is 3. The highest BCUT2D eigenvalue weighted by molar-refractivity contribution is 5.99.